The second kappa shape index (κ2) is 5.73. The van der Waals surface area contributed by atoms with E-state index in [1.54, 1.807) is 12.1 Å². The number of hydrogen-bond donors (Lipinski definition) is 3. The Morgan fingerprint density at radius 1 is 1.38 bits per heavy atom. The minimum atomic E-state index is -0.555. The van der Waals surface area contributed by atoms with Crippen LogP contribution in [0.15, 0.2) is 24.3 Å². The van der Waals surface area contributed by atoms with Crippen LogP contribution < -0.4 is 16.8 Å². The minimum absolute atomic E-state index is 0.137. The number of likely N-dealkylation sites (tertiary alicyclic amines) is 1. The van der Waals surface area contributed by atoms with Gasteiger partial charge in [0.05, 0.1) is 22.8 Å². The van der Waals surface area contributed by atoms with E-state index in [2.05, 4.69) is 5.32 Å². The third-order valence-corrected chi connectivity index (χ3v) is 4.24. The molecule has 0 spiro atoms. The molecule has 2 rings (SSSR count). The van der Waals surface area contributed by atoms with Gasteiger partial charge in [-0.15, -0.1) is 0 Å². The summed E-state index contributed by atoms with van der Waals surface area (Å²) in [6, 6.07) is 6.78. The first-order valence-corrected chi connectivity index (χ1v) is 7.03. The van der Waals surface area contributed by atoms with E-state index in [0.717, 1.165) is 0 Å². The van der Waals surface area contributed by atoms with Crippen LogP contribution in [0.1, 0.15) is 20.3 Å². The van der Waals surface area contributed by atoms with Crippen molar-refractivity contribution in [2.24, 2.45) is 11.1 Å². The monoisotopic (exact) mass is 290 g/mol. The van der Waals surface area contributed by atoms with Crippen molar-refractivity contribution in [2.75, 3.05) is 24.1 Å². The number of carbonyl (C=O) groups is 2. The lowest BCUT2D eigenvalue weighted by Crippen LogP contribution is -2.44. The highest BCUT2D eigenvalue weighted by molar-refractivity contribution is 5.97. The maximum atomic E-state index is 12.3. The summed E-state index contributed by atoms with van der Waals surface area (Å²) in [5.41, 5.74) is 11.8. The second-order valence-electron chi connectivity index (χ2n) is 5.90. The Bertz CT molecular complexity index is 560. The van der Waals surface area contributed by atoms with Gasteiger partial charge in [-0.3, -0.25) is 14.5 Å². The van der Waals surface area contributed by atoms with E-state index in [1.807, 2.05) is 30.9 Å². The van der Waals surface area contributed by atoms with Crippen LogP contribution >= 0.6 is 0 Å². The molecule has 0 bridgehead atoms. The van der Waals surface area contributed by atoms with Crippen molar-refractivity contribution in [3.63, 3.8) is 0 Å². The summed E-state index contributed by atoms with van der Waals surface area (Å²) in [6.07, 6.45) is 0.674. The van der Waals surface area contributed by atoms with Gasteiger partial charge in [-0.1, -0.05) is 12.1 Å². The number of primary amides is 1. The molecule has 1 aromatic rings. The molecule has 2 atom stereocenters. The molecule has 0 aromatic heterocycles. The normalized spacial score (nSPS) is 23.7. The zero-order valence-electron chi connectivity index (χ0n) is 12.4. The molecule has 1 aliphatic heterocycles. The number of nitrogens with zero attached hydrogens (tertiary/aromatic N) is 1. The van der Waals surface area contributed by atoms with Crippen molar-refractivity contribution in [2.45, 2.75) is 26.3 Å². The minimum Gasteiger partial charge on any atom is -0.397 e. The van der Waals surface area contributed by atoms with Crippen molar-refractivity contribution >= 4 is 23.2 Å². The van der Waals surface area contributed by atoms with Crippen LogP contribution in [-0.2, 0) is 9.59 Å². The van der Waals surface area contributed by atoms with Crippen LogP contribution in [0.5, 0.6) is 0 Å². The summed E-state index contributed by atoms with van der Waals surface area (Å²) in [6.45, 7) is 4.84. The predicted molar refractivity (Wildman–Crippen MR) is 82.4 cm³/mol. The second-order valence-corrected chi connectivity index (χ2v) is 5.90. The highest BCUT2D eigenvalue weighted by Crippen LogP contribution is 2.31. The average Bonchev–Trinajstić information content (AvgIpc) is 2.84. The number of anilines is 2. The molecule has 0 radical (unpaired) electrons. The van der Waals surface area contributed by atoms with Crippen molar-refractivity contribution in [3.05, 3.63) is 24.3 Å². The van der Waals surface area contributed by atoms with Crippen LogP contribution in [0.3, 0.4) is 0 Å². The van der Waals surface area contributed by atoms with Gasteiger partial charge in [0.2, 0.25) is 11.8 Å². The largest absolute Gasteiger partial charge is 0.397 e. The highest BCUT2D eigenvalue weighted by Gasteiger charge is 2.41. The Morgan fingerprint density at radius 3 is 2.62 bits per heavy atom. The van der Waals surface area contributed by atoms with Crippen molar-refractivity contribution in [3.8, 4) is 0 Å². The number of carbonyl (C=O) groups excluding carboxylic acids is 2. The standard InChI is InChI=1S/C15H22N4O2/c1-10(19-8-7-15(2,9-19)14(17)21)13(20)18-12-6-4-3-5-11(12)16/h3-6,10H,7-9,16H2,1-2H3,(H2,17,21)(H,18,20). The van der Waals surface area contributed by atoms with E-state index >= 15 is 0 Å². The molecule has 0 saturated carbocycles. The summed E-state index contributed by atoms with van der Waals surface area (Å²) in [5, 5.41) is 2.82. The van der Waals surface area contributed by atoms with E-state index in [4.69, 9.17) is 11.5 Å². The van der Waals surface area contributed by atoms with E-state index in [9.17, 15) is 9.59 Å². The lowest BCUT2D eigenvalue weighted by Gasteiger charge is -2.25. The van der Waals surface area contributed by atoms with Gasteiger partial charge in [0, 0.05) is 13.1 Å². The number of para-hydroxylation sites is 2. The van der Waals surface area contributed by atoms with Crippen molar-refractivity contribution in [1.29, 1.82) is 0 Å². The quantitative estimate of drug-likeness (QED) is 0.714. The van der Waals surface area contributed by atoms with Gasteiger partial charge < -0.3 is 16.8 Å². The number of nitrogen functional groups attached to an aromatic ring is 1. The molecule has 0 aliphatic carbocycles. The molecule has 1 aromatic carbocycles. The van der Waals surface area contributed by atoms with Crippen LogP contribution in [-0.4, -0.2) is 35.8 Å². The maximum absolute atomic E-state index is 12.3. The Balaban J connectivity index is 2.01. The van der Waals surface area contributed by atoms with Gasteiger partial charge in [-0.05, 0) is 32.4 Å². The summed E-state index contributed by atoms with van der Waals surface area (Å²) < 4.78 is 0. The third-order valence-electron chi connectivity index (χ3n) is 4.24. The number of benzene rings is 1. The summed E-state index contributed by atoms with van der Waals surface area (Å²) in [5.74, 6) is -0.452. The Kier molecular flexibility index (Phi) is 4.18. The first-order chi connectivity index (χ1) is 9.83. The third kappa shape index (κ3) is 3.16. The Morgan fingerprint density at radius 2 is 2.05 bits per heavy atom. The maximum Gasteiger partial charge on any atom is 0.241 e. The number of nitrogens with one attached hydrogen (secondary N) is 1. The fourth-order valence-corrected chi connectivity index (χ4v) is 2.54. The molecule has 1 heterocycles. The smallest absolute Gasteiger partial charge is 0.241 e. The van der Waals surface area contributed by atoms with E-state index < -0.39 is 5.41 Å². The van der Waals surface area contributed by atoms with Gasteiger partial charge in [-0.2, -0.15) is 0 Å². The van der Waals surface area contributed by atoms with Gasteiger partial charge in [0.25, 0.3) is 0 Å². The predicted octanol–water partition coefficient (Wildman–Crippen LogP) is 0.793. The Labute approximate surface area is 124 Å². The number of rotatable bonds is 4. The Hall–Kier alpha value is -2.08. The van der Waals surface area contributed by atoms with E-state index in [0.29, 0.717) is 30.9 Å². The molecule has 2 unspecified atom stereocenters. The fraction of sp³-hybridized carbons (Fsp3) is 0.467. The zero-order chi connectivity index (χ0) is 15.6. The average molecular weight is 290 g/mol. The summed E-state index contributed by atoms with van der Waals surface area (Å²) >= 11 is 0. The number of hydrogen-bond acceptors (Lipinski definition) is 4. The molecule has 1 aliphatic rings. The molecule has 6 nitrogen and oxygen atoms in total. The van der Waals surface area contributed by atoms with E-state index in [-0.39, 0.29) is 17.9 Å². The topological polar surface area (TPSA) is 101 Å². The molecular formula is C15H22N4O2. The summed E-state index contributed by atoms with van der Waals surface area (Å²) in [4.78, 5) is 25.8. The van der Waals surface area contributed by atoms with Crippen LogP contribution in [0.4, 0.5) is 11.4 Å². The highest BCUT2D eigenvalue weighted by atomic mass is 16.2. The SMILES string of the molecule is CC(C(=O)Nc1ccccc1N)N1CCC(C)(C(N)=O)C1. The van der Waals surface area contributed by atoms with Gasteiger partial charge in [0.15, 0.2) is 0 Å². The molecule has 21 heavy (non-hydrogen) atoms. The first kappa shape index (κ1) is 15.3. The molecule has 114 valence electrons. The van der Waals surface area contributed by atoms with Crippen LogP contribution in [0.25, 0.3) is 0 Å². The van der Waals surface area contributed by atoms with Crippen LogP contribution in [0.2, 0.25) is 0 Å². The number of amides is 2. The van der Waals surface area contributed by atoms with Gasteiger partial charge in [-0.25, -0.2) is 0 Å². The first-order valence-electron chi connectivity index (χ1n) is 7.03. The fourth-order valence-electron chi connectivity index (χ4n) is 2.54. The molecule has 2 amide bonds. The van der Waals surface area contributed by atoms with Crippen LogP contribution in [0, 0.1) is 5.41 Å². The van der Waals surface area contributed by atoms with E-state index in [1.165, 1.54) is 0 Å². The van der Waals surface area contributed by atoms with Crippen molar-refractivity contribution in [1.82, 2.24) is 4.90 Å². The lowest BCUT2D eigenvalue weighted by atomic mass is 9.89. The molecular weight excluding hydrogens is 268 g/mol. The molecule has 1 fully saturated rings. The van der Waals surface area contributed by atoms with Gasteiger partial charge >= 0.3 is 0 Å². The van der Waals surface area contributed by atoms with Crippen molar-refractivity contribution < 1.29 is 9.59 Å². The number of nitrogens with two attached hydrogens (primary N) is 2. The lowest BCUT2D eigenvalue weighted by molar-refractivity contribution is -0.127. The zero-order valence-corrected chi connectivity index (χ0v) is 12.4. The van der Waals surface area contributed by atoms with Gasteiger partial charge in [0.1, 0.15) is 0 Å². The molecule has 1 saturated heterocycles. The molecule has 6 heteroatoms. The molecule has 5 N–H and O–H groups in total. The summed E-state index contributed by atoms with van der Waals surface area (Å²) in [7, 11) is 0.